The van der Waals surface area contributed by atoms with Crippen molar-refractivity contribution in [1.82, 2.24) is 0 Å². The number of halogens is 2. The van der Waals surface area contributed by atoms with Gasteiger partial charge in [0.15, 0.2) is 0 Å². The Morgan fingerprint density at radius 2 is 1.96 bits per heavy atom. The Kier molecular flexibility index (Phi) is 4.91. The molecule has 2 N–H and O–H groups in total. The van der Waals surface area contributed by atoms with E-state index in [2.05, 4.69) is 4.74 Å². The molecule has 0 saturated carbocycles. The molecule has 1 heterocycles. The van der Waals surface area contributed by atoms with Crippen LogP contribution in [0.5, 0.6) is 5.75 Å². The molecule has 1 aliphatic rings. The number of rotatable bonds is 5. The highest BCUT2D eigenvalue weighted by atomic mass is 32.2. The van der Waals surface area contributed by atoms with Gasteiger partial charge in [-0.1, -0.05) is 24.3 Å². The summed E-state index contributed by atoms with van der Waals surface area (Å²) in [6.45, 7) is -1.88. The van der Waals surface area contributed by atoms with E-state index in [1.807, 2.05) is 4.90 Å². The van der Waals surface area contributed by atoms with Crippen LogP contribution in [0, 0.1) is 0 Å². The van der Waals surface area contributed by atoms with Crippen LogP contribution in [0.3, 0.4) is 0 Å². The van der Waals surface area contributed by atoms with Gasteiger partial charge in [0.05, 0.1) is 4.90 Å². The fraction of sp³-hybridized carbons (Fsp3) is 0.294. The van der Waals surface area contributed by atoms with Crippen molar-refractivity contribution in [3.05, 3.63) is 53.6 Å². The minimum atomic E-state index is -3.81. The molecule has 3 rings (SSSR count). The molecular formula is C17H18F2N2O3S. The van der Waals surface area contributed by atoms with Gasteiger partial charge in [-0.15, -0.1) is 0 Å². The molecule has 0 unspecified atom stereocenters. The standard InChI is InChI=1S/C17H18F2N2O3S/c18-17(19)24-16-6-2-1-4-13(16)11-21-9-3-5-12-7-8-14(10-15(12)21)25(20,22)23/h1-2,4,6-8,10,17H,3,5,9,11H2,(H2,20,22,23). The summed E-state index contributed by atoms with van der Waals surface area (Å²) in [7, 11) is -3.81. The Labute approximate surface area is 145 Å². The summed E-state index contributed by atoms with van der Waals surface area (Å²) in [5.41, 5.74) is 2.37. The largest absolute Gasteiger partial charge is 0.434 e. The van der Waals surface area contributed by atoms with Crippen LogP contribution in [0.4, 0.5) is 14.5 Å². The first kappa shape index (κ1) is 17.6. The number of hydrogen-bond acceptors (Lipinski definition) is 4. The predicted molar refractivity (Wildman–Crippen MR) is 90.3 cm³/mol. The van der Waals surface area contributed by atoms with Crippen molar-refractivity contribution in [2.75, 3.05) is 11.4 Å². The molecule has 2 aromatic rings. The number of alkyl halides is 2. The Morgan fingerprint density at radius 1 is 1.20 bits per heavy atom. The van der Waals surface area contributed by atoms with Crippen molar-refractivity contribution in [1.29, 1.82) is 0 Å². The van der Waals surface area contributed by atoms with Crippen molar-refractivity contribution < 1.29 is 21.9 Å². The van der Waals surface area contributed by atoms with Crippen LogP contribution in [-0.2, 0) is 23.0 Å². The molecule has 0 bridgehead atoms. The monoisotopic (exact) mass is 368 g/mol. The van der Waals surface area contributed by atoms with Crippen molar-refractivity contribution >= 4 is 15.7 Å². The van der Waals surface area contributed by atoms with E-state index in [1.54, 1.807) is 30.3 Å². The molecule has 0 saturated heterocycles. The highest BCUT2D eigenvalue weighted by molar-refractivity contribution is 7.89. The van der Waals surface area contributed by atoms with Crippen molar-refractivity contribution in [2.24, 2.45) is 5.14 Å². The maximum Gasteiger partial charge on any atom is 0.387 e. The third kappa shape index (κ3) is 4.08. The summed E-state index contributed by atoms with van der Waals surface area (Å²) in [5.74, 6) is 0.118. The van der Waals surface area contributed by atoms with Crippen molar-refractivity contribution in [3.63, 3.8) is 0 Å². The van der Waals surface area contributed by atoms with Gasteiger partial charge in [0.1, 0.15) is 5.75 Å². The van der Waals surface area contributed by atoms with Gasteiger partial charge in [0, 0.05) is 24.3 Å². The molecule has 0 amide bonds. The second-order valence-electron chi connectivity index (χ2n) is 5.85. The maximum atomic E-state index is 12.6. The highest BCUT2D eigenvalue weighted by Crippen LogP contribution is 2.32. The van der Waals surface area contributed by atoms with Gasteiger partial charge in [-0.05, 0) is 36.6 Å². The van der Waals surface area contributed by atoms with Crippen molar-refractivity contribution in [2.45, 2.75) is 30.9 Å². The van der Waals surface area contributed by atoms with Crippen LogP contribution in [0.1, 0.15) is 17.5 Å². The Hall–Kier alpha value is -2.19. The zero-order valence-corrected chi connectivity index (χ0v) is 14.2. The quantitative estimate of drug-likeness (QED) is 0.881. The molecule has 134 valence electrons. The van der Waals surface area contributed by atoms with E-state index in [0.717, 1.165) is 24.1 Å². The maximum absolute atomic E-state index is 12.6. The molecule has 0 aromatic heterocycles. The first-order valence-electron chi connectivity index (χ1n) is 7.78. The molecule has 0 radical (unpaired) electrons. The molecule has 8 heteroatoms. The number of benzene rings is 2. The van der Waals surface area contributed by atoms with E-state index in [1.165, 1.54) is 12.1 Å². The van der Waals surface area contributed by atoms with Crippen LogP contribution in [-0.4, -0.2) is 21.6 Å². The van der Waals surface area contributed by atoms with Gasteiger partial charge in [0.2, 0.25) is 10.0 Å². The summed E-state index contributed by atoms with van der Waals surface area (Å²) < 4.78 is 53.0. The summed E-state index contributed by atoms with van der Waals surface area (Å²) in [4.78, 5) is 2.00. The summed E-state index contributed by atoms with van der Waals surface area (Å²) in [6, 6.07) is 11.4. The van der Waals surface area contributed by atoms with Gasteiger partial charge >= 0.3 is 6.61 Å². The van der Waals surface area contributed by atoms with Crippen LogP contribution in [0.25, 0.3) is 0 Å². The highest BCUT2D eigenvalue weighted by Gasteiger charge is 2.21. The van der Waals surface area contributed by atoms with Gasteiger partial charge < -0.3 is 9.64 Å². The van der Waals surface area contributed by atoms with E-state index in [9.17, 15) is 17.2 Å². The minimum Gasteiger partial charge on any atom is -0.434 e. The van der Waals surface area contributed by atoms with Gasteiger partial charge in [-0.2, -0.15) is 8.78 Å². The van der Waals surface area contributed by atoms with Crippen molar-refractivity contribution in [3.8, 4) is 5.75 Å². The zero-order chi connectivity index (χ0) is 18.0. The number of primary sulfonamides is 1. The number of para-hydroxylation sites is 1. The molecule has 0 spiro atoms. The first-order valence-corrected chi connectivity index (χ1v) is 9.32. The molecule has 0 atom stereocenters. The molecule has 0 aliphatic carbocycles. The summed E-state index contributed by atoms with van der Waals surface area (Å²) in [5, 5.41) is 5.22. The predicted octanol–water partition coefficient (Wildman–Crippen LogP) is 2.89. The lowest BCUT2D eigenvalue weighted by atomic mass is 10.0. The molecule has 2 aromatic carbocycles. The SMILES string of the molecule is NS(=O)(=O)c1ccc2c(c1)N(Cc1ccccc1OC(F)F)CCC2. The third-order valence-corrected chi connectivity index (χ3v) is 5.06. The number of ether oxygens (including phenoxy) is 1. The molecule has 1 aliphatic heterocycles. The Bertz CT molecular complexity index is 872. The second kappa shape index (κ2) is 6.97. The number of anilines is 1. The van der Waals surface area contributed by atoms with Gasteiger partial charge in [-0.25, -0.2) is 13.6 Å². The van der Waals surface area contributed by atoms with Gasteiger partial charge in [-0.3, -0.25) is 0 Å². The lowest BCUT2D eigenvalue weighted by molar-refractivity contribution is -0.0504. The average molecular weight is 368 g/mol. The van der Waals surface area contributed by atoms with E-state index in [-0.39, 0.29) is 10.6 Å². The fourth-order valence-electron chi connectivity index (χ4n) is 3.02. The molecule has 5 nitrogen and oxygen atoms in total. The smallest absolute Gasteiger partial charge is 0.387 e. The van der Waals surface area contributed by atoms with E-state index in [0.29, 0.717) is 18.7 Å². The van der Waals surface area contributed by atoms with Gasteiger partial charge in [0.25, 0.3) is 0 Å². The number of fused-ring (bicyclic) bond motifs is 1. The lowest BCUT2D eigenvalue weighted by Crippen LogP contribution is -2.29. The number of hydrogen-bond donors (Lipinski definition) is 1. The minimum absolute atomic E-state index is 0.0373. The van der Waals surface area contributed by atoms with E-state index >= 15 is 0 Å². The van der Waals surface area contributed by atoms with Crippen LogP contribution in [0.15, 0.2) is 47.4 Å². The zero-order valence-electron chi connectivity index (χ0n) is 13.4. The van der Waals surface area contributed by atoms with E-state index in [4.69, 9.17) is 5.14 Å². The second-order valence-corrected chi connectivity index (χ2v) is 7.41. The third-order valence-electron chi connectivity index (χ3n) is 4.15. The Morgan fingerprint density at radius 3 is 2.68 bits per heavy atom. The molecule has 0 fully saturated rings. The summed E-state index contributed by atoms with van der Waals surface area (Å²) in [6.07, 6.45) is 1.71. The number of nitrogens with two attached hydrogens (primary N) is 1. The topological polar surface area (TPSA) is 72.6 Å². The van der Waals surface area contributed by atoms with Crippen LogP contribution in [0.2, 0.25) is 0 Å². The number of sulfonamides is 1. The Balaban J connectivity index is 1.94. The normalized spacial score (nSPS) is 14.5. The average Bonchev–Trinajstić information content (AvgIpc) is 2.55. The lowest BCUT2D eigenvalue weighted by Gasteiger charge is -2.32. The summed E-state index contributed by atoms with van der Waals surface area (Å²) >= 11 is 0. The fourth-order valence-corrected chi connectivity index (χ4v) is 3.56. The number of nitrogens with zero attached hydrogens (tertiary/aromatic N) is 1. The van der Waals surface area contributed by atoms with E-state index < -0.39 is 16.6 Å². The molecular weight excluding hydrogens is 350 g/mol. The van der Waals surface area contributed by atoms with Crippen LogP contribution < -0.4 is 14.8 Å². The number of aryl methyl sites for hydroxylation is 1. The first-order chi connectivity index (χ1) is 11.8. The van der Waals surface area contributed by atoms with Crippen LogP contribution >= 0.6 is 0 Å². The molecule has 25 heavy (non-hydrogen) atoms.